The molecule has 2 heterocycles. The lowest BCUT2D eigenvalue weighted by molar-refractivity contribution is -0.166. The normalized spacial score (nSPS) is 21.9. The summed E-state index contributed by atoms with van der Waals surface area (Å²) >= 11 is 1.12. The average Bonchev–Trinajstić information content (AvgIpc) is 3.05. The first-order valence-electron chi connectivity index (χ1n) is 9.87. The number of aromatic amines is 1. The van der Waals surface area contributed by atoms with Gasteiger partial charge in [-0.15, -0.1) is 0 Å². The smallest absolute Gasteiger partial charge is 0.330 e. The molecule has 0 unspecified atom stereocenters. The summed E-state index contributed by atoms with van der Waals surface area (Å²) in [6.07, 6.45) is -3.43. The summed E-state index contributed by atoms with van der Waals surface area (Å²) in [6, 6.07) is 9.00. The minimum Gasteiger partial charge on any atom is -0.463 e. The van der Waals surface area contributed by atoms with Gasteiger partial charge in [0.05, 0.1) is 4.90 Å². The summed E-state index contributed by atoms with van der Waals surface area (Å²) < 4.78 is 22.5. The predicted molar refractivity (Wildman–Crippen MR) is 114 cm³/mol. The summed E-state index contributed by atoms with van der Waals surface area (Å²) in [7, 11) is 0. The highest BCUT2D eigenvalue weighted by atomic mass is 32.2. The number of H-pyrrole nitrogens is 1. The highest BCUT2D eigenvalue weighted by molar-refractivity contribution is 7.99. The molecule has 1 fully saturated rings. The van der Waals surface area contributed by atoms with Gasteiger partial charge in [0.15, 0.2) is 18.4 Å². The van der Waals surface area contributed by atoms with E-state index in [0.29, 0.717) is 0 Å². The average molecular weight is 478 g/mol. The molecule has 176 valence electrons. The molecule has 0 bridgehead atoms. The third-order valence-electron chi connectivity index (χ3n) is 4.52. The minimum atomic E-state index is -1.27. The quantitative estimate of drug-likeness (QED) is 0.452. The maximum Gasteiger partial charge on any atom is 0.330 e. The molecule has 33 heavy (non-hydrogen) atoms. The van der Waals surface area contributed by atoms with E-state index in [1.54, 1.807) is 24.3 Å². The number of hydrogen-bond acceptors (Lipinski definition) is 10. The zero-order valence-electron chi connectivity index (χ0n) is 18.0. The van der Waals surface area contributed by atoms with Crippen molar-refractivity contribution in [3.63, 3.8) is 0 Å². The van der Waals surface area contributed by atoms with Gasteiger partial charge in [-0.3, -0.25) is 28.7 Å². The predicted octanol–water partition coefficient (Wildman–Crippen LogP) is 1.01. The van der Waals surface area contributed by atoms with Gasteiger partial charge in [0, 0.05) is 31.9 Å². The Labute approximate surface area is 192 Å². The van der Waals surface area contributed by atoms with Crippen molar-refractivity contribution in [2.75, 3.05) is 6.61 Å². The van der Waals surface area contributed by atoms with Gasteiger partial charge in [0.25, 0.3) is 5.56 Å². The summed E-state index contributed by atoms with van der Waals surface area (Å²) in [5.74, 6) is -2.01. The van der Waals surface area contributed by atoms with Crippen LogP contribution in [0.15, 0.2) is 55.9 Å². The van der Waals surface area contributed by atoms with Crippen LogP contribution in [-0.4, -0.2) is 52.4 Å². The van der Waals surface area contributed by atoms with Crippen LogP contribution in [0, 0.1) is 0 Å². The molecule has 3 rings (SSSR count). The lowest BCUT2D eigenvalue weighted by atomic mass is 10.1. The molecule has 1 N–H and O–H groups in total. The van der Waals surface area contributed by atoms with Crippen molar-refractivity contribution in [2.45, 2.75) is 55.1 Å². The Morgan fingerprint density at radius 1 is 1.00 bits per heavy atom. The van der Waals surface area contributed by atoms with E-state index in [4.69, 9.17) is 18.9 Å². The van der Waals surface area contributed by atoms with Crippen LogP contribution in [-0.2, 0) is 33.3 Å². The van der Waals surface area contributed by atoms with Gasteiger partial charge in [-0.1, -0.05) is 30.0 Å². The fraction of sp³-hybridized carbons (Fsp3) is 0.381. The van der Waals surface area contributed by atoms with Crippen molar-refractivity contribution < 1.29 is 33.3 Å². The van der Waals surface area contributed by atoms with E-state index in [-0.39, 0.29) is 11.5 Å². The number of aromatic nitrogens is 2. The fourth-order valence-electron chi connectivity index (χ4n) is 3.26. The summed E-state index contributed by atoms with van der Waals surface area (Å²) in [6.45, 7) is 3.18. The Morgan fingerprint density at radius 3 is 2.24 bits per heavy atom. The van der Waals surface area contributed by atoms with Crippen molar-refractivity contribution in [3.05, 3.63) is 57.4 Å². The molecule has 1 aromatic carbocycles. The largest absolute Gasteiger partial charge is 0.463 e. The molecule has 1 aliphatic heterocycles. The number of nitrogens with one attached hydrogen (secondary N) is 1. The first kappa shape index (κ1) is 24.3. The summed E-state index contributed by atoms with van der Waals surface area (Å²) in [4.78, 5) is 62.9. The van der Waals surface area contributed by atoms with E-state index in [9.17, 15) is 24.0 Å². The van der Waals surface area contributed by atoms with Gasteiger partial charge in [0.1, 0.15) is 12.7 Å². The van der Waals surface area contributed by atoms with Crippen LogP contribution in [0.1, 0.15) is 27.0 Å². The first-order valence-corrected chi connectivity index (χ1v) is 10.7. The molecule has 0 saturated carbocycles. The molecular weight excluding hydrogens is 456 g/mol. The Balaban J connectivity index is 2.02. The number of nitrogens with zero attached hydrogens (tertiary/aromatic N) is 1. The Bertz CT molecular complexity index is 1140. The van der Waals surface area contributed by atoms with Gasteiger partial charge in [-0.2, -0.15) is 0 Å². The second-order valence-electron chi connectivity index (χ2n) is 7.09. The van der Waals surface area contributed by atoms with E-state index in [1.807, 2.05) is 6.07 Å². The zero-order valence-corrected chi connectivity index (χ0v) is 18.8. The fourth-order valence-corrected chi connectivity index (χ4v) is 4.12. The van der Waals surface area contributed by atoms with E-state index >= 15 is 0 Å². The Hall–Kier alpha value is -3.38. The third kappa shape index (κ3) is 6.11. The van der Waals surface area contributed by atoms with E-state index in [1.165, 1.54) is 13.1 Å². The Kier molecular flexibility index (Phi) is 7.71. The van der Waals surface area contributed by atoms with Crippen LogP contribution < -0.4 is 11.2 Å². The van der Waals surface area contributed by atoms with Crippen LogP contribution in [0.3, 0.4) is 0 Å². The van der Waals surface area contributed by atoms with Crippen molar-refractivity contribution in [1.82, 2.24) is 9.55 Å². The van der Waals surface area contributed by atoms with Gasteiger partial charge in [0.2, 0.25) is 0 Å². The number of carbonyl (C=O) groups is 3. The second kappa shape index (κ2) is 10.5. The van der Waals surface area contributed by atoms with Gasteiger partial charge >= 0.3 is 23.6 Å². The monoisotopic (exact) mass is 478 g/mol. The minimum absolute atomic E-state index is 0.179. The third-order valence-corrected chi connectivity index (χ3v) is 5.54. The standard InChI is InChI=1S/C21H22N2O9S/c1-11(24)29-10-15-17(30-12(2)25)18(31-13(3)26)20(32-15)23-9-16(19(27)22-21(23)28)33-14-7-5-4-6-8-14/h4-9,15,17-18,20H,10H2,1-3H3,(H,22,27,28)/t15-,17-,18-,20-/m1/s1. The topological polar surface area (TPSA) is 143 Å². The molecule has 0 aliphatic carbocycles. The lowest BCUT2D eigenvalue weighted by Crippen LogP contribution is -2.42. The number of rotatable bonds is 7. The summed E-state index contributed by atoms with van der Waals surface area (Å²) in [5.41, 5.74) is -1.44. The van der Waals surface area contributed by atoms with Gasteiger partial charge in [-0.05, 0) is 12.1 Å². The molecule has 1 aliphatic rings. The summed E-state index contributed by atoms with van der Waals surface area (Å²) in [5, 5.41) is 0. The number of benzene rings is 1. The number of carbonyl (C=O) groups excluding carboxylic acids is 3. The van der Waals surface area contributed by atoms with Crippen molar-refractivity contribution in [2.24, 2.45) is 0 Å². The van der Waals surface area contributed by atoms with Crippen LogP contribution in [0.2, 0.25) is 0 Å². The van der Waals surface area contributed by atoms with E-state index in [0.717, 1.165) is 35.1 Å². The van der Waals surface area contributed by atoms with E-state index in [2.05, 4.69) is 4.98 Å². The molecule has 1 aromatic heterocycles. The highest BCUT2D eigenvalue weighted by Crippen LogP contribution is 2.34. The van der Waals surface area contributed by atoms with Crippen molar-refractivity contribution in [1.29, 1.82) is 0 Å². The molecular formula is C21H22N2O9S. The highest BCUT2D eigenvalue weighted by Gasteiger charge is 2.51. The first-order chi connectivity index (χ1) is 15.7. The zero-order chi connectivity index (χ0) is 24.1. The number of hydrogen-bond donors (Lipinski definition) is 1. The van der Waals surface area contributed by atoms with Crippen LogP contribution >= 0.6 is 11.8 Å². The van der Waals surface area contributed by atoms with Crippen LogP contribution in [0.4, 0.5) is 0 Å². The molecule has 11 nitrogen and oxygen atoms in total. The van der Waals surface area contributed by atoms with Crippen molar-refractivity contribution >= 4 is 29.7 Å². The number of esters is 3. The molecule has 0 radical (unpaired) electrons. The second-order valence-corrected chi connectivity index (χ2v) is 8.21. The maximum atomic E-state index is 12.6. The maximum absolute atomic E-state index is 12.6. The van der Waals surface area contributed by atoms with E-state index < -0.39 is 53.7 Å². The molecule has 12 heteroatoms. The molecule has 0 spiro atoms. The SMILES string of the molecule is CC(=O)OC[C@H]1O[C@@H](n2cc(Sc3ccccc3)c(=O)[nH]c2=O)[C@H](OC(C)=O)[C@@H]1OC(C)=O. The lowest BCUT2D eigenvalue weighted by Gasteiger charge is -2.24. The van der Waals surface area contributed by atoms with Crippen molar-refractivity contribution in [3.8, 4) is 0 Å². The molecule has 1 saturated heterocycles. The molecule has 0 amide bonds. The molecule has 2 aromatic rings. The number of ether oxygens (including phenoxy) is 4. The molecule has 4 atom stereocenters. The van der Waals surface area contributed by atoms with Crippen LogP contribution in [0.5, 0.6) is 0 Å². The van der Waals surface area contributed by atoms with Crippen LogP contribution in [0.25, 0.3) is 0 Å². The van der Waals surface area contributed by atoms with Gasteiger partial charge in [-0.25, -0.2) is 4.79 Å². The van der Waals surface area contributed by atoms with Gasteiger partial charge < -0.3 is 18.9 Å². The Morgan fingerprint density at radius 2 is 1.64 bits per heavy atom.